The van der Waals surface area contributed by atoms with Gasteiger partial charge in [0.05, 0.1) is 40.7 Å². The van der Waals surface area contributed by atoms with E-state index in [0.717, 1.165) is 40.8 Å². The zero-order valence-electron chi connectivity index (χ0n) is 23.7. The molecule has 1 fully saturated rings. The first-order valence-corrected chi connectivity index (χ1v) is 14.0. The summed E-state index contributed by atoms with van der Waals surface area (Å²) >= 11 is 0. The number of nitrogens with one attached hydrogen (secondary N) is 1. The number of fused-ring (bicyclic) bond motifs is 1. The highest BCUT2D eigenvalue weighted by Crippen LogP contribution is 2.46. The van der Waals surface area contributed by atoms with Crippen LogP contribution in [-0.2, 0) is 7.05 Å². The Morgan fingerprint density at radius 2 is 1.78 bits per heavy atom. The molecule has 0 aliphatic heterocycles. The van der Waals surface area contributed by atoms with Crippen LogP contribution in [0.25, 0.3) is 11.3 Å². The van der Waals surface area contributed by atoms with E-state index in [1.54, 1.807) is 38.6 Å². The van der Waals surface area contributed by atoms with Crippen LogP contribution in [0.5, 0.6) is 0 Å². The number of hydrogen-bond donors (Lipinski definition) is 1. The van der Waals surface area contributed by atoms with Crippen molar-refractivity contribution < 1.29 is 18.0 Å². The Morgan fingerprint density at radius 3 is 2.53 bits per heavy atom. The molecule has 0 spiro atoms. The summed E-state index contributed by atoms with van der Waals surface area (Å²) in [6.45, 7) is 0. The van der Waals surface area contributed by atoms with Crippen LogP contribution in [0.4, 0.5) is 30.2 Å². The van der Waals surface area contributed by atoms with Crippen molar-refractivity contribution in [2.75, 3.05) is 10.2 Å². The quantitative estimate of drug-likeness (QED) is 0.277. The number of hydrogen-bond acceptors (Lipinski definition) is 7. The van der Waals surface area contributed by atoms with Gasteiger partial charge in [-0.15, -0.1) is 0 Å². The second kappa shape index (κ2) is 11.0. The van der Waals surface area contributed by atoms with Crippen molar-refractivity contribution in [1.82, 2.24) is 34.2 Å². The third kappa shape index (κ3) is 5.09. The van der Waals surface area contributed by atoms with Crippen molar-refractivity contribution in [2.45, 2.75) is 24.8 Å². The normalized spacial score (nSPS) is 16.0. The number of aromatic nitrogens is 7. The van der Waals surface area contributed by atoms with Gasteiger partial charge in [-0.2, -0.15) is 20.0 Å². The Labute approximate surface area is 253 Å². The van der Waals surface area contributed by atoms with E-state index in [9.17, 15) is 14.0 Å². The zero-order valence-corrected chi connectivity index (χ0v) is 23.7. The summed E-state index contributed by atoms with van der Waals surface area (Å²) in [7, 11) is 1.85. The van der Waals surface area contributed by atoms with Gasteiger partial charge in [0.15, 0.2) is 5.82 Å². The highest BCUT2D eigenvalue weighted by Gasteiger charge is 2.38. The van der Waals surface area contributed by atoms with Gasteiger partial charge < -0.3 is 10.2 Å². The van der Waals surface area contributed by atoms with Gasteiger partial charge in [0, 0.05) is 49.7 Å². The van der Waals surface area contributed by atoms with Gasteiger partial charge in [0.2, 0.25) is 0 Å². The van der Waals surface area contributed by atoms with Gasteiger partial charge in [-0.1, -0.05) is 0 Å². The second-order valence-corrected chi connectivity index (χ2v) is 10.7. The lowest BCUT2D eigenvalue weighted by Crippen LogP contribution is -2.42. The van der Waals surface area contributed by atoms with Crippen LogP contribution in [-0.4, -0.2) is 46.1 Å². The first-order chi connectivity index (χ1) is 21.8. The van der Waals surface area contributed by atoms with E-state index in [1.165, 1.54) is 12.3 Å². The predicted molar refractivity (Wildman–Crippen MR) is 158 cm³/mol. The summed E-state index contributed by atoms with van der Waals surface area (Å²) in [5, 5.41) is 15.0. The Bertz CT molecular complexity index is 2120. The molecule has 45 heavy (non-hydrogen) atoms. The van der Waals surface area contributed by atoms with Crippen LogP contribution in [0.1, 0.15) is 34.8 Å². The van der Waals surface area contributed by atoms with E-state index < -0.39 is 40.2 Å². The maximum Gasteiger partial charge on any atom is 0.285 e. The van der Waals surface area contributed by atoms with Gasteiger partial charge in [-0.05, 0) is 55.3 Å². The summed E-state index contributed by atoms with van der Waals surface area (Å²) in [6.07, 6.45) is 8.65. The predicted octanol–water partition coefficient (Wildman–Crippen LogP) is 4.76. The summed E-state index contributed by atoms with van der Waals surface area (Å²) in [6, 6.07) is 12.5. The molecule has 11 nitrogen and oxygen atoms in total. The number of carbonyl (C=O) groups excluding carboxylic acids is 1. The monoisotopic (exact) mass is 611 g/mol. The third-order valence-corrected chi connectivity index (χ3v) is 7.87. The number of benzene rings is 1. The fraction of sp³-hybridized carbons (Fsp3) is 0.161. The lowest BCUT2D eigenvalue weighted by atomic mass is 9.77. The molecule has 226 valence electrons. The molecule has 14 heteroatoms. The van der Waals surface area contributed by atoms with Crippen LogP contribution >= 0.6 is 0 Å². The number of rotatable bonds is 7. The van der Waals surface area contributed by atoms with Gasteiger partial charge >= 0.3 is 0 Å². The Morgan fingerprint density at radius 1 is 0.956 bits per heavy atom. The maximum absolute atomic E-state index is 16.0. The van der Waals surface area contributed by atoms with Crippen molar-refractivity contribution in [2.24, 2.45) is 7.05 Å². The lowest BCUT2D eigenvalue weighted by molar-refractivity contribution is 0.102. The van der Waals surface area contributed by atoms with Crippen LogP contribution in [0.3, 0.4) is 0 Å². The minimum Gasteiger partial charge on any atom is -0.334 e. The zero-order chi connectivity index (χ0) is 31.2. The number of pyridine rings is 2. The number of anilines is 3. The van der Waals surface area contributed by atoms with Crippen molar-refractivity contribution in [3.8, 4) is 5.82 Å². The van der Waals surface area contributed by atoms with Crippen LogP contribution in [0.15, 0.2) is 90.4 Å². The molecule has 0 unspecified atom stereocenters. The lowest BCUT2D eigenvalue weighted by Gasteiger charge is -2.44. The molecule has 0 radical (unpaired) electrons. The minimum atomic E-state index is -0.984. The van der Waals surface area contributed by atoms with E-state index in [2.05, 4.69) is 25.6 Å². The second-order valence-electron chi connectivity index (χ2n) is 10.7. The van der Waals surface area contributed by atoms with Crippen molar-refractivity contribution in [1.29, 1.82) is 0 Å². The molecule has 1 amide bonds. The molecule has 1 aliphatic carbocycles. The molecule has 1 aliphatic rings. The fourth-order valence-electron chi connectivity index (χ4n) is 5.60. The molecular weight excluding hydrogens is 587 g/mol. The van der Waals surface area contributed by atoms with E-state index in [-0.39, 0.29) is 23.5 Å². The Balaban J connectivity index is 1.20. The van der Waals surface area contributed by atoms with E-state index in [4.69, 9.17) is 0 Å². The molecule has 1 N–H and O–H groups in total. The van der Waals surface area contributed by atoms with Gasteiger partial charge in [-0.3, -0.25) is 14.3 Å². The van der Waals surface area contributed by atoms with Crippen molar-refractivity contribution >= 4 is 28.5 Å². The van der Waals surface area contributed by atoms with E-state index >= 15 is 8.78 Å². The molecule has 1 aromatic carbocycles. The SMILES string of the molecule is Cn1ccc(C2CC(N(c3cc(F)c(NC(=O)c4ccnn(-c5ccc(F)cn5)c4=O)cc3F)c3cccn4nccc34)C2)n1. The van der Waals surface area contributed by atoms with Crippen molar-refractivity contribution in [3.63, 3.8) is 0 Å². The largest absolute Gasteiger partial charge is 0.334 e. The fourth-order valence-corrected chi connectivity index (χ4v) is 5.60. The van der Waals surface area contributed by atoms with Gasteiger partial charge in [0.25, 0.3) is 11.5 Å². The van der Waals surface area contributed by atoms with Crippen LogP contribution < -0.4 is 15.8 Å². The molecule has 5 heterocycles. The molecule has 0 atom stereocenters. The first-order valence-electron chi connectivity index (χ1n) is 14.0. The van der Waals surface area contributed by atoms with E-state index in [0.29, 0.717) is 24.0 Å². The molecule has 7 rings (SSSR count). The number of halogens is 3. The molecule has 5 aromatic heterocycles. The minimum absolute atomic E-state index is 0.0158. The van der Waals surface area contributed by atoms with Gasteiger partial charge in [0.1, 0.15) is 23.0 Å². The molecule has 6 aromatic rings. The molecule has 0 bridgehead atoms. The third-order valence-electron chi connectivity index (χ3n) is 7.87. The Hall–Kier alpha value is -5.79. The summed E-state index contributed by atoms with van der Waals surface area (Å²) in [5.74, 6) is -3.15. The standard InChI is InChI=1S/C31H24F3N9O2/c1-40-12-8-24(39-40)18-13-20(14-18)42(27-3-2-11-41-26(27)7-10-36-41)28-16-22(33)25(15-23(28)34)38-30(44)21-6-9-37-43(31(21)45)29-5-4-19(32)17-35-29/h2-12,15-18,20H,13-14H2,1H3,(H,38,44). The highest BCUT2D eigenvalue weighted by atomic mass is 19.1. The molecule has 1 saturated carbocycles. The maximum atomic E-state index is 16.0. The van der Waals surface area contributed by atoms with Crippen LogP contribution in [0.2, 0.25) is 0 Å². The highest BCUT2D eigenvalue weighted by molar-refractivity contribution is 6.04. The Kier molecular flexibility index (Phi) is 6.87. The summed E-state index contributed by atoms with van der Waals surface area (Å²) < 4.78 is 49.1. The smallest absolute Gasteiger partial charge is 0.285 e. The first kappa shape index (κ1) is 28.0. The average molecular weight is 612 g/mol. The van der Waals surface area contributed by atoms with Crippen LogP contribution in [0, 0.1) is 17.5 Å². The molecule has 0 saturated heterocycles. The van der Waals surface area contributed by atoms with Gasteiger partial charge in [-0.25, -0.2) is 22.7 Å². The summed E-state index contributed by atoms with van der Waals surface area (Å²) in [4.78, 5) is 31.6. The average Bonchev–Trinajstić information content (AvgIpc) is 3.66. The number of nitrogens with zero attached hydrogens (tertiary/aromatic N) is 8. The molecular formula is C31H24F3N9O2. The number of amides is 1. The topological polar surface area (TPSA) is 115 Å². The number of aryl methyl sites for hydroxylation is 1. The summed E-state index contributed by atoms with van der Waals surface area (Å²) in [5.41, 5.74) is 0.542. The number of carbonyl (C=O) groups is 1. The van der Waals surface area contributed by atoms with E-state index in [1.807, 2.05) is 25.4 Å². The van der Waals surface area contributed by atoms with Crippen molar-refractivity contribution in [3.05, 3.63) is 125 Å².